The van der Waals surface area contributed by atoms with E-state index in [-0.39, 0.29) is 10.6 Å². The van der Waals surface area contributed by atoms with Crippen molar-refractivity contribution in [3.63, 3.8) is 0 Å². The summed E-state index contributed by atoms with van der Waals surface area (Å²) in [5, 5.41) is 63.2. The number of rotatable bonds is 12. The number of carboxylic acids is 3. The van der Waals surface area contributed by atoms with Crippen molar-refractivity contribution in [3.05, 3.63) is 69.2 Å². The van der Waals surface area contributed by atoms with Gasteiger partial charge < -0.3 is 40.5 Å². The number of carboxylic acid groups (broad SMARTS) is 3. The van der Waals surface area contributed by atoms with Crippen LogP contribution in [0.2, 0.25) is 5.02 Å². The topological polar surface area (TPSA) is 219 Å². The monoisotopic (exact) mass is 736 g/mol. The molecule has 260 valence electrons. The first-order valence-corrected chi connectivity index (χ1v) is 15.4. The SMILES string of the molecule is CC(O)(C(=O)O)c1ccccc1Br.CC(O)(C(=O)O)c1ccccc1Cl.CCCC(C)(O)C(=O)OC.CCCCCC(O)C(=O)O. The van der Waals surface area contributed by atoms with Crippen molar-refractivity contribution in [2.24, 2.45) is 0 Å². The highest BCUT2D eigenvalue weighted by molar-refractivity contribution is 9.10. The smallest absolute Gasteiger partial charge is 0.340 e. The summed E-state index contributed by atoms with van der Waals surface area (Å²) in [5.74, 6) is -4.26. The summed E-state index contributed by atoms with van der Waals surface area (Å²) >= 11 is 8.91. The van der Waals surface area contributed by atoms with Crippen molar-refractivity contribution < 1.29 is 59.7 Å². The van der Waals surface area contributed by atoms with Gasteiger partial charge in [0.2, 0.25) is 0 Å². The molecule has 0 amide bonds. The maximum Gasteiger partial charge on any atom is 0.340 e. The molecule has 2 rings (SSSR count). The Hall–Kier alpha value is -3.07. The normalized spacial score (nSPS) is 14.8. The second-order valence-electron chi connectivity index (χ2n) is 10.6. The van der Waals surface area contributed by atoms with Crippen LogP contribution in [0.25, 0.3) is 0 Å². The van der Waals surface area contributed by atoms with E-state index in [4.69, 9.17) is 32.0 Å². The molecule has 0 aliphatic rings. The zero-order valence-electron chi connectivity index (χ0n) is 26.9. The lowest BCUT2D eigenvalue weighted by molar-refractivity contribution is -0.161. The first-order chi connectivity index (χ1) is 21.1. The number of halogens is 2. The van der Waals surface area contributed by atoms with Crippen molar-refractivity contribution in [2.45, 2.75) is 96.1 Å². The molecule has 7 N–H and O–H groups in total. The summed E-state index contributed by atoms with van der Waals surface area (Å²) in [5.41, 5.74) is -4.53. The zero-order valence-corrected chi connectivity index (χ0v) is 29.2. The molecule has 4 atom stereocenters. The number of hydrogen-bond donors (Lipinski definition) is 7. The number of aliphatic hydroxyl groups excluding tert-OH is 1. The minimum absolute atomic E-state index is 0.198. The van der Waals surface area contributed by atoms with Crippen LogP contribution in [0.1, 0.15) is 84.3 Å². The van der Waals surface area contributed by atoms with Gasteiger partial charge in [-0.1, -0.05) is 103 Å². The molecule has 12 nitrogen and oxygen atoms in total. The first-order valence-electron chi connectivity index (χ1n) is 14.3. The van der Waals surface area contributed by atoms with Crippen molar-refractivity contribution >= 4 is 51.4 Å². The standard InChI is InChI=1S/C9H9BrO3.C9H9ClO3.2C7H14O3/c2*1-9(13,8(11)12)6-4-2-3-5-7(6)10;1-4-5-7(2,9)6(8)10-3;1-2-3-4-5-6(8)7(9)10/h2*2-5,13H,1H3,(H,11,12);9H,4-5H2,1-3H3;6,8H,2-5H2,1H3,(H,9,10). The Morgan fingerprint density at radius 2 is 1.26 bits per heavy atom. The molecule has 0 radical (unpaired) electrons. The summed E-state index contributed by atoms with van der Waals surface area (Å²) in [6.45, 7) is 7.83. The number of benzene rings is 2. The minimum Gasteiger partial charge on any atom is -0.479 e. The van der Waals surface area contributed by atoms with Crippen LogP contribution in [0, 0.1) is 0 Å². The number of unbranched alkanes of at least 4 members (excludes halogenated alkanes) is 2. The van der Waals surface area contributed by atoms with Crippen molar-refractivity contribution in [1.29, 1.82) is 0 Å². The van der Waals surface area contributed by atoms with Gasteiger partial charge in [0.1, 0.15) is 0 Å². The molecule has 0 bridgehead atoms. The van der Waals surface area contributed by atoms with Crippen LogP contribution in [0.4, 0.5) is 0 Å². The molecular formula is C32H46BrClO12. The number of carbonyl (C=O) groups excluding carboxylic acids is 1. The van der Waals surface area contributed by atoms with Crippen LogP contribution in [0.5, 0.6) is 0 Å². The molecule has 0 fully saturated rings. The fourth-order valence-corrected chi connectivity index (χ4v) is 4.45. The van der Waals surface area contributed by atoms with Gasteiger partial charge in [-0.15, -0.1) is 0 Å². The fraction of sp³-hybridized carbons (Fsp3) is 0.500. The lowest BCUT2D eigenvalue weighted by Crippen LogP contribution is -2.35. The van der Waals surface area contributed by atoms with Crippen LogP contribution in [0.15, 0.2) is 53.0 Å². The van der Waals surface area contributed by atoms with Crippen molar-refractivity contribution in [1.82, 2.24) is 0 Å². The quantitative estimate of drug-likeness (QED) is 0.112. The van der Waals surface area contributed by atoms with E-state index < -0.39 is 46.8 Å². The van der Waals surface area contributed by atoms with Gasteiger partial charge in [0, 0.05) is 20.6 Å². The third-order valence-electron chi connectivity index (χ3n) is 6.36. The number of esters is 1. The number of aliphatic carboxylic acids is 3. The van der Waals surface area contributed by atoms with E-state index in [1.165, 1.54) is 40.0 Å². The average Bonchev–Trinajstić information content (AvgIpc) is 2.97. The Labute approximate surface area is 282 Å². The van der Waals surface area contributed by atoms with E-state index in [1.54, 1.807) is 36.4 Å². The molecule has 14 heteroatoms. The maximum absolute atomic E-state index is 10.8. The fourth-order valence-electron chi connectivity index (χ4n) is 3.46. The summed E-state index contributed by atoms with van der Waals surface area (Å²) in [6, 6.07) is 13.0. The second-order valence-corrected chi connectivity index (χ2v) is 11.8. The largest absolute Gasteiger partial charge is 0.479 e. The van der Waals surface area contributed by atoms with Crippen LogP contribution in [-0.2, 0) is 35.1 Å². The maximum atomic E-state index is 10.8. The molecule has 2 aromatic carbocycles. The van der Waals surface area contributed by atoms with Gasteiger partial charge in [0.25, 0.3) is 0 Å². The number of carbonyl (C=O) groups is 4. The molecule has 0 aromatic heterocycles. The van der Waals surface area contributed by atoms with E-state index in [9.17, 15) is 34.5 Å². The van der Waals surface area contributed by atoms with Crippen LogP contribution in [-0.4, -0.2) is 78.4 Å². The van der Waals surface area contributed by atoms with Crippen LogP contribution < -0.4 is 0 Å². The lowest BCUT2D eigenvalue weighted by Gasteiger charge is -2.19. The van der Waals surface area contributed by atoms with Gasteiger partial charge in [-0.2, -0.15) is 0 Å². The minimum atomic E-state index is -1.93. The third-order valence-corrected chi connectivity index (χ3v) is 7.38. The number of aliphatic hydroxyl groups is 4. The molecule has 0 spiro atoms. The van der Waals surface area contributed by atoms with Crippen LogP contribution in [0.3, 0.4) is 0 Å². The van der Waals surface area contributed by atoms with Gasteiger partial charge in [0.05, 0.1) is 7.11 Å². The van der Waals surface area contributed by atoms with E-state index in [0.717, 1.165) is 25.7 Å². The highest BCUT2D eigenvalue weighted by Gasteiger charge is 2.34. The van der Waals surface area contributed by atoms with Gasteiger partial charge in [-0.25, -0.2) is 19.2 Å². The van der Waals surface area contributed by atoms with Crippen LogP contribution >= 0.6 is 27.5 Å². The highest BCUT2D eigenvalue weighted by atomic mass is 79.9. The predicted molar refractivity (Wildman–Crippen MR) is 175 cm³/mol. The molecule has 0 aliphatic carbocycles. The Morgan fingerprint density at radius 3 is 1.65 bits per heavy atom. The molecule has 0 heterocycles. The number of hydrogen-bond acceptors (Lipinski definition) is 9. The predicted octanol–water partition coefficient (Wildman–Crippen LogP) is 5.10. The van der Waals surface area contributed by atoms with Crippen molar-refractivity contribution in [3.8, 4) is 0 Å². The molecule has 0 saturated heterocycles. The summed E-state index contributed by atoms with van der Waals surface area (Å²) in [6.07, 6.45) is 3.26. The van der Waals surface area contributed by atoms with Gasteiger partial charge in [-0.3, -0.25) is 0 Å². The Balaban J connectivity index is 0. The Bertz CT molecular complexity index is 1180. The number of ether oxygens (including phenoxy) is 1. The van der Waals surface area contributed by atoms with E-state index in [1.807, 2.05) is 13.8 Å². The second kappa shape index (κ2) is 21.7. The summed E-state index contributed by atoms with van der Waals surface area (Å²) in [4.78, 5) is 42.2. The van der Waals surface area contributed by atoms with E-state index in [0.29, 0.717) is 22.9 Å². The number of methoxy groups -OCH3 is 1. The summed E-state index contributed by atoms with van der Waals surface area (Å²) < 4.78 is 4.96. The zero-order chi connectivity index (χ0) is 36.3. The van der Waals surface area contributed by atoms with Gasteiger partial charge in [0.15, 0.2) is 22.9 Å². The molecule has 46 heavy (non-hydrogen) atoms. The van der Waals surface area contributed by atoms with Gasteiger partial charge in [-0.05, 0) is 45.7 Å². The summed E-state index contributed by atoms with van der Waals surface area (Å²) in [7, 11) is 1.27. The van der Waals surface area contributed by atoms with E-state index in [2.05, 4.69) is 20.7 Å². The molecule has 0 saturated carbocycles. The van der Waals surface area contributed by atoms with Gasteiger partial charge >= 0.3 is 23.9 Å². The molecule has 4 unspecified atom stereocenters. The Morgan fingerprint density at radius 1 is 0.804 bits per heavy atom. The third kappa shape index (κ3) is 16.0. The van der Waals surface area contributed by atoms with Crippen molar-refractivity contribution in [2.75, 3.05) is 7.11 Å². The highest BCUT2D eigenvalue weighted by Crippen LogP contribution is 2.28. The lowest BCUT2D eigenvalue weighted by atomic mass is 9.96. The molecule has 2 aromatic rings. The Kier molecular flexibility index (Phi) is 21.2. The van der Waals surface area contributed by atoms with E-state index >= 15 is 0 Å². The average molecular weight is 738 g/mol. The molecular weight excluding hydrogens is 692 g/mol. The first kappa shape index (κ1) is 45.1. The molecule has 0 aliphatic heterocycles.